The highest BCUT2D eigenvalue weighted by Crippen LogP contribution is 2.21. The third-order valence-corrected chi connectivity index (χ3v) is 4.00. The number of ether oxygens (including phenoxy) is 1. The predicted octanol–water partition coefficient (Wildman–Crippen LogP) is 2.91. The predicted molar refractivity (Wildman–Crippen MR) is 82.2 cm³/mol. The minimum absolute atomic E-state index is 0.0358. The number of nitriles is 1. The van der Waals surface area contributed by atoms with Gasteiger partial charge in [-0.3, -0.25) is 9.59 Å². The van der Waals surface area contributed by atoms with Gasteiger partial charge in [0, 0.05) is 16.6 Å². The first-order chi connectivity index (χ1) is 10.5. The summed E-state index contributed by atoms with van der Waals surface area (Å²) in [7, 11) is 0. The van der Waals surface area contributed by atoms with Crippen molar-refractivity contribution >= 4 is 22.9 Å². The molecule has 0 fully saturated rings. The maximum absolute atomic E-state index is 12.1. The molecule has 1 atom stereocenters. The van der Waals surface area contributed by atoms with Gasteiger partial charge in [0.25, 0.3) is 0 Å². The molecule has 0 radical (unpaired) electrons. The summed E-state index contributed by atoms with van der Waals surface area (Å²) < 4.78 is 5.38. The molecule has 0 saturated heterocycles. The van der Waals surface area contributed by atoms with E-state index in [4.69, 9.17) is 10.00 Å². The topological polar surface area (TPSA) is 80.0 Å². The fraction of sp³-hybridized carbons (Fsp3) is 0.250. The van der Waals surface area contributed by atoms with Crippen LogP contribution in [-0.2, 0) is 4.79 Å². The second-order valence-corrected chi connectivity index (χ2v) is 5.61. The summed E-state index contributed by atoms with van der Waals surface area (Å²) in [6.07, 6.45) is 0. The Morgan fingerprint density at radius 1 is 1.36 bits per heavy atom. The molecule has 1 heterocycles. The summed E-state index contributed by atoms with van der Waals surface area (Å²) >= 11 is 1.29. The minimum atomic E-state index is -0.907. The molecule has 5 nitrogen and oxygen atoms in total. The number of hydrogen-bond donors (Lipinski definition) is 0. The lowest BCUT2D eigenvalue weighted by molar-refractivity contribution is -0.121. The number of aromatic nitrogens is 1. The Hall–Kier alpha value is -2.52. The van der Waals surface area contributed by atoms with E-state index in [9.17, 15) is 9.59 Å². The molecule has 0 unspecified atom stereocenters. The van der Waals surface area contributed by atoms with Crippen molar-refractivity contribution < 1.29 is 14.3 Å². The second-order valence-electron chi connectivity index (χ2n) is 4.72. The maximum atomic E-state index is 12.1. The summed E-state index contributed by atoms with van der Waals surface area (Å²) in [6, 6.07) is 8.48. The molecule has 22 heavy (non-hydrogen) atoms. The van der Waals surface area contributed by atoms with Gasteiger partial charge in [-0.25, -0.2) is 4.98 Å². The van der Waals surface area contributed by atoms with E-state index in [0.717, 1.165) is 5.69 Å². The van der Waals surface area contributed by atoms with Crippen LogP contribution in [0.2, 0.25) is 0 Å². The Kier molecular flexibility index (Phi) is 5.02. The summed E-state index contributed by atoms with van der Waals surface area (Å²) in [5.74, 6) is -0.806. The maximum Gasteiger partial charge on any atom is 0.194 e. The monoisotopic (exact) mass is 314 g/mol. The van der Waals surface area contributed by atoms with Crippen LogP contribution < -0.4 is 4.74 Å². The molecule has 2 rings (SSSR count). The lowest BCUT2D eigenvalue weighted by Gasteiger charge is -2.08. The van der Waals surface area contributed by atoms with Gasteiger partial charge in [0.2, 0.25) is 0 Å². The zero-order valence-electron chi connectivity index (χ0n) is 12.2. The Morgan fingerprint density at radius 3 is 2.55 bits per heavy atom. The van der Waals surface area contributed by atoms with Gasteiger partial charge in [-0.15, -0.1) is 11.3 Å². The number of hydrogen-bond acceptors (Lipinski definition) is 6. The van der Waals surface area contributed by atoms with E-state index in [0.29, 0.717) is 16.3 Å². The van der Waals surface area contributed by atoms with Gasteiger partial charge in [0.15, 0.2) is 17.5 Å². The normalized spacial score (nSPS) is 11.5. The standard InChI is InChI=1S/C16H14N2O3S/c1-10-9-22-16(18-10)14(7-17)15(20)8-21-13-5-3-12(4-6-13)11(2)19/h3-6,9,14H,8H2,1-2H3/t14-/m0/s1. The van der Waals surface area contributed by atoms with Crippen molar-refractivity contribution in [3.8, 4) is 11.8 Å². The molecule has 0 amide bonds. The van der Waals surface area contributed by atoms with Crippen LogP contribution in [0, 0.1) is 18.3 Å². The fourth-order valence-electron chi connectivity index (χ4n) is 1.79. The zero-order valence-corrected chi connectivity index (χ0v) is 13.0. The van der Waals surface area contributed by atoms with Gasteiger partial charge in [0.05, 0.1) is 6.07 Å². The average Bonchev–Trinajstić information content (AvgIpc) is 2.92. The molecule has 1 aromatic heterocycles. The van der Waals surface area contributed by atoms with Crippen molar-refractivity contribution in [2.24, 2.45) is 0 Å². The van der Waals surface area contributed by atoms with E-state index >= 15 is 0 Å². The van der Waals surface area contributed by atoms with Gasteiger partial charge in [0.1, 0.15) is 17.4 Å². The Bertz CT molecular complexity index is 729. The molecule has 0 N–H and O–H groups in total. The number of thiazole rings is 1. The van der Waals surface area contributed by atoms with E-state index < -0.39 is 5.92 Å². The van der Waals surface area contributed by atoms with Gasteiger partial charge >= 0.3 is 0 Å². The molecule has 112 valence electrons. The summed E-state index contributed by atoms with van der Waals surface area (Å²) in [4.78, 5) is 27.4. The summed E-state index contributed by atoms with van der Waals surface area (Å²) in [5.41, 5.74) is 1.36. The van der Waals surface area contributed by atoms with Crippen LogP contribution in [0.25, 0.3) is 0 Å². The molecule has 1 aromatic carbocycles. The molecule has 0 spiro atoms. The number of Topliss-reactive ketones (excluding diaryl/α,β-unsaturated/α-hetero) is 2. The van der Waals surface area contributed by atoms with E-state index in [1.807, 2.05) is 13.0 Å². The van der Waals surface area contributed by atoms with E-state index in [1.165, 1.54) is 18.3 Å². The number of ketones is 2. The summed E-state index contributed by atoms with van der Waals surface area (Å²) in [6.45, 7) is 3.08. The molecule has 0 saturated carbocycles. The van der Waals surface area contributed by atoms with Gasteiger partial charge < -0.3 is 4.74 Å². The van der Waals surface area contributed by atoms with Crippen molar-refractivity contribution in [2.45, 2.75) is 19.8 Å². The SMILES string of the molecule is CC(=O)c1ccc(OCC(=O)[C@H](C#N)c2nc(C)cs2)cc1. The molecular formula is C16H14N2O3S. The molecule has 0 aliphatic carbocycles. The number of rotatable bonds is 6. The van der Waals surface area contributed by atoms with Crippen molar-refractivity contribution in [3.05, 3.63) is 45.9 Å². The smallest absolute Gasteiger partial charge is 0.194 e. The first kappa shape index (κ1) is 15.9. The Morgan fingerprint density at radius 2 is 2.05 bits per heavy atom. The second kappa shape index (κ2) is 6.96. The third-order valence-electron chi connectivity index (χ3n) is 2.98. The molecule has 0 aliphatic rings. The largest absolute Gasteiger partial charge is 0.486 e. The first-order valence-corrected chi connectivity index (χ1v) is 7.47. The molecular weight excluding hydrogens is 300 g/mol. The van der Waals surface area contributed by atoms with Crippen LogP contribution in [-0.4, -0.2) is 23.2 Å². The number of benzene rings is 1. The zero-order chi connectivity index (χ0) is 16.1. The van der Waals surface area contributed by atoms with E-state index in [-0.39, 0.29) is 18.2 Å². The Balaban J connectivity index is 1.99. The van der Waals surface area contributed by atoms with Crippen LogP contribution >= 0.6 is 11.3 Å². The molecule has 0 bridgehead atoms. The lowest BCUT2D eigenvalue weighted by Crippen LogP contribution is -2.19. The van der Waals surface area contributed by atoms with Gasteiger partial charge in [-0.05, 0) is 38.1 Å². The highest BCUT2D eigenvalue weighted by molar-refractivity contribution is 7.09. The van der Waals surface area contributed by atoms with E-state index in [1.54, 1.807) is 29.6 Å². The fourth-order valence-corrected chi connectivity index (χ4v) is 2.65. The van der Waals surface area contributed by atoms with Crippen molar-refractivity contribution in [1.29, 1.82) is 5.26 Å². The van der Waals surface area contributed by atoms with Crippen molar-refractivity contribution in [1.82, 2.24) is 4.98 Å². The molecule has 2 aromatic rings. The quantitative estimate of drug-likeness (QED) is 0.766. The van der Waals surface area contributed by atoms with Gasteiger partial charge in [-0.1, -0.05) is 0 Å². The number of carbonyl (C=O) groups excluding carboxylic acids is 2. The average molecular weight is 314 g/mol. The molecule has 6 heteroatoms. The van der Waals surface area contributed by atoms with Crippen LogP contribution in [0.4, 0.5) is 0 Å². The minimum Gasteiger partial charge on any atom is -0.486 e. The first-order valence-electron chi connectivity index (χ1n) is 6.59. The summed E-state index contributed by atoms with van der Waals surface area (Å²) in [5, 5.41) is 11.4. The highest BCUT2D eigenvalue weighted by atomic mass is 32.1. The number of nitrogens with zero attached hydrogens (tertiary/aromatic N) is 2. The van der Waals surface area contributed by atoms with Crippen LogP contribution in [0.5, 0.6) is 5.75 Å². The Labute approximate surface area is 132 Å². The van der Waals surface area contributed by atoms with Gasteiger partial charge in [-0.2, -0.15) is 5.26 Å². The number of carbonyl (C=O) groups is 2. The lowest BCUT2D eigenvalue weighted by atomic mass is 10.1. The van der Waals surface area contributed by atoms with E-state index in [2.05, 4.69) is 4.98 Å². The molecule has 0 aliphatic heterocycles. The van der Waals surface area contributed by atoms with Crippen LogP contribution in [0.3, 0.4) is 0 Å². The van der Waals surface area contributed by atoms with Crippen molar-refractivity contribution in [2.75, 3.05) is 6.61 Å². The van der Waals surface area contributed by atoms with Crippen LogP contribution in [0.15, 0.2) is 29.6 Å². The highest BCUT2D eigenvalue weighted by Gasteiger charge is 2.23. The van der Waals surface area contributed by atoms with Crippen molar-refractivity contribution in [3.63, 3.8) is 0 Å². The number of aryl methyl sites for hydroxylation is 1. The third kappa shape index (κ3) is 3.77. The van der Waals surface area contributed by atoms with Crippen LogP contribution in [0.1, 0.15) is 33.9 Å².